The molecule has 0 radical (unpaired) electrons. The first-order valence-electron chi connectivity index (χ1n) is 8.57. The molecule has 1 amide bonds. The summed E-state index contributed by atoms with van der Waals surface area (Å²) in [5.74, 6) is 1.83. The number of nitrogens with zero attached hydrogens (tertiary/aromatic N) is 2. The quantitative estimate of drug-likeness (QED) is 0.785. The van der Waals surface area contributed by atoms with Crippen LogP contribution in [0.4, 0.5) is 0 Å². The number of carbonyl (C=O) groups excluding carboxylic acids is 1. The molecule has 1 aromatic carbocycles. The molecule has 0 bridgehead atoms. The van der Waals surface area contributed by atoms with Gasteiger partial charge in [-0.2, -0.15) is 0 Å². The third-order valence-corrected chi connectivity index (χ3v) is 5.71. The van der Waals surface area contributed by atoms with E-state index in [0.717, 1.165) is 41.4 Å². The van der Waals surface area contributed by atoms with Gasteiger partial charge in [-0.1, -0.05) is 37.5 Å². The van der Waals surface area contributed by atoms with Crippen molar-refractivity contribution in [2.75, 3.05) is 13.1 Å². The number of aryl methyl sites for hydroxylation is 1. The van der Waals surface area contributed by atoms with Crippen molar-refractivity contribution in [1.82, 2.24) is 9.47 Å². The average Bonchev–Trinajstić information content (AvgIpc) is 2.91. The lowest BCUT2D eigenvalue weighted by atomic mass is 9.75. The van der Waals surface area contributed by atoms with Crippen LogP contribution in [0.1, 0.15) is 42.5 Å². The van der Waals surface area contributed by atoms with Crippen molar-refractivity contribution < 1.29 is 4.79 Å². The second kappa shape index (κ2) is 5.45. The standard InChI is InChI=1S/C19H24N2O/c1-20-13-17(16-8-4-5-9-18(16)20)19(22)21-11-10-14-6-2-3-7-15(14)12-21/h4-5,8-9,13-15H,2-3,6-7,10-12H2,1H3/t14-,15+/m0/s1. The molecule has 116 valence electrons. The molecule has 2 fully saturated rings. The number of aromatic nitrogens is 1. The first-order chi connectivity index (χ1) is 10.7. The van der Waals surface area contributed by atoms with Crippen LogP contribution in [0.25, 0.3) is 10.9 Å². The van der Waals surface area contributed by atoms with E-state index in [4.69, 9.17) is 0 Å². The van der Waals surface area contributed by atoms with Crippen LogP contribution in [-0.4, -0.2) is 28.5 Å². The van der Waals surface area contributed by atoms with Crippen molar-refractivity contribution in [3.8, 4) is 0 Å². The number of fused-ring (bicyclic) bond motifs is 2. The molecule has 1 saturated carbocycles. The second-order valence-electron chi connectivity index (χ2n) is 7.02. The first kappa shape index (κ1) is 13.9. The molecule has 3 nitrogen and oxygen atoms in total. The summed E-state index contributed by atoms with van der Waals surface area (Å²) >= 11 is 0. The number of piperidine rings is 1. The minimum absolute atomic E-state index is 0.223. The van der Waals surface area contributed by atoms with Gasteiger partial charge in [0.1, 0.15) is 0 Å². The third-order valence-electron chi connectivity index (χ3n) is 5.71. The summed E-state index contributed by atoms with van der Waals surface area (Å²) in [6.45, 7) is 1.90. The van der Waals surface area contributed by atoms with Gasteiger partial charge in [0, 0.05) is 37.2 Å². The van der Waals surface area contributed by atoms with Crippen LogP contribution < -0.4 is 0 Å². The fraction of sp³-hybridized carbons (Fsp3) is 0.526. The molecule has 0 N–H and O–H groups in total. The van der Waals surface area contributed by atoms with Crippen LogP contribution in [0.3, 0.4) is 0 Å². The van der Waals surface area contributed by atoms with Gasteiger partial charge >= 0.3 is 0 Å². The summed E-state index contributed by atoms with van der Waals surface area (Å²) in [5.41, 5.74) is 2.01. The maximum absolute atomic E-state index is 13.0. The maximum atomic E-state index is 13.0. The van der Waals surface area contributed by atoms with Crippen molar-refractivity contribution >= 4 is 16.8 Å². The number of carbonyl (C=O) groups is 1. The molecule has 2 heterocycles. The Morgan fingerprint density at radius 1 is 1.09 bits per heavy atom. The van der Waals surface area contributed by atoms with E-state index in [-0.39, 0.29) is 5.91 Å². The molecule has 1 aromatic heterocycles. The van der Waals surface area contributed by atoms with Gasteiger partial charge in [0.2, 0.25) is 0 Å². The Labute approximate surface area is 131 Å². The van der Waals surface area contributed by atoms with E-state index in [1.807, 2.05) is 25.4 Å². The minimum Gasteiger partial charge on any atom is -0.350 e. The number of rotatable bonds is 1. The zero-order valence-corrected chi connectivity index (χ0v) is 13.3. The SMILES string of the molecule is Cn1cc(C(=O)N2CC[C@@H]3CCCC[C@@H]3C2)c2ccccc21. The number of benzene rings is 1. The van der Waals surface area contributed by atoms with Crippen molar-refractivity contribution in [2.24, 2.45) is 18.9 Å². The predicted octanol–water partition coefficient (Wildman–Crippen LogP) is 3.83. The van der Waals surface area contributed by atoms with Crippen molar-refractivity contribution in [3.05, 3.63) is 36.0 Å². The Kier molecular flexibility index (Phi) is 3.44. The van der Waals surface area contributed by atoms with Crippen molar-refractivity contribution in [1.29, 1.82) is 0 Å². The van der Waals surface area contributed by atoms with Crippen molar-refractivity contribution in [2.45, 2.75) is 32.1 Å². The molecule has 3 heteroatoms. The highest BCUT2D eigenvalue weighted by Crippen LogP contribution is 2.36. The van der Waals surface area contributed by atoms with Gasteiger partial charge in [-0.3, -0.25) is 4.79 Å². The molecule has 0 unspecified atom stereocenters. The Balaban J connectivity index is 1.61. The summed E-state index contributed by atoms with van der Waals surface area (Å²) in [6, 6.07) is 8.20. The lowest BCUT2D eigenvalue weighted by Crippen LogP contribution is -2.44. The smallest absolute Gasteiger partial charge is 0.256 e. The van der Waals surface area contributed by atoms with Gasteiger partial charge in [0.15, 0.2) is 0 Å². The van der Waals surface area contributed by atoms with Crippen LogP contribution in [0.5, 0.6) is 0 Å². The van der Waals surface area contributed by atoms with Gasteiger partial charge in [0.05, 0.1) is 5.56 Å². The van der Waals surface area contributed by atoms with Gasteiger partial charge in [-0.05, 0) is 30.7 Å². The highest BCUT2D eigenvalue weighted by Gasteiger charge is 2.33. The molecule has 0 spiro atoms. The number of hydrogen-bond acceptors (Lipinski definition) is 1. The summed E-state index contributed by atoms with van der Waals surface area (Å²) in [7, 11) is 2.02. The topological polar surface area (TPSA) is 25.2 Å². The predicted molar refractivity (Wildman–Crippen MR) is 88.9 cm³/mol. The van der Waals surface area contributed by atoms with Gasteiger partial charge < -0.3 is 9.47 Å². The highest BCUT2D eigenvalue weighted by atomic mass is 16.2. The van der Waals surface area contributed by atoms with Crippen LogP contribution in [0.15, 0.2) is 30.5 Å². The Bertz CT molecular complexity index is 703. The molecular formula is C19H24N2O. The Morgan fingerprint density at radius 3 is 2.73 bits per heavy atom. The van der Waals surface area contributed by atoms with Crippen LogP contribution in [0, 0.1) is 11.8 Å². The summed E-state index contributed by atoms with van der Waals surface area (Å²) in [4.78, 5) is 15.1. The van der Waals surface area contributed by atoms with E-state index in [9.17, 15) is 4.79 Å². The van der Waals surface area contributed by atoms with E-state index >= 15 is 0 Å². The first-order valence-corrected chi connectivity index (χ1v) is 8.57. The molecule has 1 aliphatic carbocycles. The maximum Gasteiger partial charge on any atom is 0.256 e. The Morgan fingerprint density at radius 2 is 1.86 bits per heavy atom. The number of likely N-dealkylation sites (tertiary alicyclic amines) is 1. The molecule has 1 aliphatic heterocycles. The third kappa shape index (κ3) is 2.23. The van der Waals surface area contributed by atoms with Gasteiger partial charge in [-0.25, -0.2) is 0 Å². The molecular weight excluding hydrogens is 272 g/mol. The summed E-state index contributed by atoms with van der Waals surface area (Å²) in [5, 5.41) is 1.08. The highest BCUT2D eigenvalue weighted by molar-refractivity contribution is 6.07. The van der Waals surface area contributed by atoms with Gasteiger partial charge in [0.25, 0.3) is 5.91 Å². The second-order valence-corrected chi connectivity index (χ2v) is 7.02. The zero-order valence-electron chi connectivity index (χ0n) is 13.3. The molecule has 22 heavy (non-hydrogen) atoms. The molecule has 1 saturated heterocycles. The van der Waals surface area contributed by atoms with Crippen LogP contribution in [-0.2, 0) is 7.05 Å². The lowest BCUT2D eigenvalue weighted by Gasteiger charge is -2.41. The van der Waals surface area contributed by atoms with E-state index < -0.39 is 0 Å². The van der Waals surface area contributed by atoms with E-state index in [0.29, 0.717) is 0 Å². The van der Waals surface area contributed by atoms with Gasteiger partial charge in [-0.15, -0.1) is 0 Å². The Hall–Kier alpha value is -1.77. The summed E-state index contributed by atoms with van der Waals surface area (Å²) < 4.78 is 2.07. The van der Waals surface area contributed by atoms with Crippen LogP contribution >= 0.6 is 0 Å². The molecule has 2 atom stereocenters. The number of para-hydroxylation sites is 1. The molecule has 2 aromatic rings. The molecule has 4 rings (SSSR count). The minimum atomic E-state index is 0.223. The number of hydrogen-bond donors (Lipinski definition) is 0. The van der Waals surface area contributed by atoms with Crippen LogP contribution in [0.2, 0.25) is 0 Å². The monoisotopic (exact) mass is 296 g/mol. The van der Waals surface area contributed by atoms with E-state index in [1.54, 1.807) is 0 Å². The largest absolute Gasteiger partial charge is 0.350 e. The summed E-state index contributed by atoms with van der Waals surface area (Å²) in [6.07, 6.45) is 8.61. The fourth-order valence-corrected chi connectivity index (χ4v) is 4.47. The van der Waals surface area contributed by atoms with E-state index in [1.165, 1.54) is 32.1 Å². The fourth-order valence-electron chi connectivity index (χ4n) is 4.47. The van der Waals surface area contributed by atoms with E-state index in [2.05, 4.69) is 21.6 Å². The van der Waals surface area contributed by atoms with Crippen molar-refractivity contribution in [3.63, 3.8) is 0 Å². The number of amides is 1. The normalized spacial score (nSPS) is 25.2. The lowest BCUT2D eigenvalue weighted by molar-refractivity contribution is 0.0522. The molecule has 2 aliphatic rings. The average molecular weight is 296 g/mol. The zero-order chi connectivity index (χ0) is 15.1.